The first-order valence-electron chi connectivity index (χ1n) is 14.6. The number of hydrogen-bond donors (Lipinski definition) is 0. The van der Waals surface area contributed by atoms with Gasteiger partial charge < -0.3 is 0 Å². The Kier molecular flexibility index (Phi) is 12.8. The number of allylic oxidation sites excluding steroid dienone is 1. The van der Waals surface area contributed by atoms with Crippen molar-refractivity contribution >= 4 is 0 Å². The molecule has 3 rings (SSSR count). The van der Waals surface area contributed by atoms with Gasteiger partial charge in [-0.1, -0.05) is 133 Å². The summed E-state index contributed by atoms with van der Waals surface area (Å²) in [4.78, 5) is 0. The van der Waals surface area contributed by atoms with Gasteiger partial charge in [0.15, 0.2) is 0 Å². The summed E-state index contributed by atoms with van der Waals surface area (Å²) in [6.07, 6.45) is 24.3. The van der Waals surface area contributed by atoms with Crippen molar-refractivity contribution in [1.29, 1.82) is 0 Å². The van der Waals surface area contributed by atoms with Crippen LogP contribution in [-0.2, 0) is 12.8 Å². The number of aryl methyl sites for hydroxylation is 1. The minimum atomic E-state index is 0.913. The maximum Gasteiger partial charge on any atom is 0.0249 e. The second-order valence-corrected chi connectivity index (χ2v) is 10.8. The lowest BCUT2D eigenvalue weighted by molar-refractivity contribution is 0.248. The third kappa shape index (κ3) is 10.9. The van der Waals surface area contributed by atoms with Gasteiger partial charge in [-0.25, -0.2) is 0 Å². The molecule has 1 saturated carbocycles. The topological polar surface area (TPSA) is 0 Å². The molecule has 1 aliphatic rings. The van der Waals surface area contributed by atoms with Gasteiger partial charge in [-0.15, -0.1) is 6.58 Å². The normalized spacial score (nSPS) is 17.5. The lowest BCUT2D eigenvalue weighted by atomic mass is 9.77. The molecule has 0 nitrogen and oxygen atoms in total. The zero-order valence-corrected chi connectivity index (χ0v) is 22.4. The van der Waals surface area contributed by atoms with E-state index in [1.165, 1.54) is 107 Å². The molecule has 0 heteroatoms. The van der Waals surface area contributed by atoms with E-state index in [1.807, 2.05) is 6.08 Å². The third-order valence-electron chi connectivity index (χ3n) is 7.91. The maximum atomic E-state index is 3.80. The quantitative estimate of drug-likeness (QED) is 0.147. The molecule has 0 saturated heterocycles. The average molecular weight is 469 g/mol. The highest BCUT2D eigenvalue weighted by Crippen LogP contribution is 2.34. The molecule has 0 aliphatic heterocycles. The molecule has 35 heavy (non-hydrogen) atoms. The third-order valence-corrected chi connectivity index (χ3v) is 7.91. The fourth-order valence-electron chi connectivity index (χ4n) is 5.54. The predicted octanol–water partition coefficient (Wildman–Crippen LogP) is 10.1. The van der Waals surface area contributed by atoms with Crippen LogP contribution in [-0.4, -0.2) is 0 Å². The van der Waals surface area contributed by atoms with Crippen LogP contribution in [0.2, 0.25) is 0 Å². The Labute approximate surface area is 216 Å². The van der Waals surface area contributed by atoms with Crippen LogP contribution >= 0.6 is 0 Å². The summed E-state index contributed by atoms with van der Waals surface area (Å²) in [5, 5.41) is 0. The largest absolute Gasteiger partial charge is 0.103 e. The van der Waals surface area contributed by atoms with Gasteiger partial charge in [0.25, 0.3) is 0 Å². The Morgan fingerprint density at radius 1 is 0.657 bits per heavy atom. The van der Waals surface area contributed by atoms with Gasteiger partial charge in [0.2, 0.25) is 0 Å². The molecule has 0 aromatic heterocycles. The van der Waals surface area contributed by atoms with Crippen LogP contribution in [0.1, 0.15) is 119 Å². The second-order valence-electron chi connectivity index (χ2n) is 10.8. The van der Waals surface area contributed by atoms with Crippen molar-refractivity contribution in [3.05, 3.63) is 83.4 Å². The highest BCUT2D eigenvalue weighted by atomic mass is 14.3. The van der Waals surface area contributed by atoms with E-state index >= 15 is 0 Å². The van der Waals surface area contributed by atoms with Crippen LogP contribution < -0.4 is 0 Å². The molecule has 0 radical (unpaired) electrons. The van der Waals surface area contributed by atoms with Gasteiger partial charge in [0, 0.05) is 11.1 Å². The average Bonchev–Trinajstić information content (AvgIpc) is 2.90. The molecule has 188 valence electrons. The molecule has 2 aromatic rings. The van der Waals surface area contributed by atoms with Crippen LogP contribution in [0.4, 0.5) is 0 Å². The number of rotatable bonds is 14. The highest BCUT2D eigenvalue weighted by molar-refractivity contribution is 5.44. The SMILES string of the molecule is C=CCc1ccc(C#Cc2ccc(CCC3CCC(CCCCCCCCCC)CC3)cc2)cc1. The van der Waals surface area contributed by atoms with Crippen molar-refractivity contribution in [2.45, 2.75) is 110 Å². The molecular weight excluding hydrogens is 420 g/mol. The first-order valence-corrected chi connectivity index (χ1v) is 14.6. The van der Waals surface area contributed by atoms with Crippen LogP contribution in [0.15, 0.2) is 61.2 Å². The first-order chi connectivity index (χ1) is 17.3. The van der Waals surface area contributed by atoms with Crippen LogP contribution in [0.25, 0.3) is 0 Å². The monoisotopic (exact) mass is 468 g/mol. The highest BCUT2D eigenvalue weighted by Gasteiger charge is 2.20. The summed E-state index contributed by atoms with van der Waals surface area (Å²) in [6.45, 7) is 6.10. The van der Waals surface area contributed by atoms with E-state index in [-0.39, 0.29) is 0 Å². The van der Waals surface area contributed by atoms with Crippen molar-refractivity contribution in [2.24, 2.45) is 11.8 Å². The molecule has 1 fully saturated rings. The molecule has 0 amide bonds. The van der Waals surface area contributed by atoms with Gasteiger partial charge in [-0.05, 0) is 66.5 Å². The summed E-state index contributed by atoms with van der Waals surface area (Å²) in [5.74, 6) is 8.56. The molecule has 0 heterocycles. The molecule has 2 aromatic carbocycles. The lowest BCUT2D eigenvalue weighted by Crippen LogP contribution is -2.15. The Balaban J connectivity index is 1.29. The predicted molar refractivity (Wildman–Crippen MR) is 154 cm³/mol. The van der Waals surface area contributed by atoms with E-state index in [0.29, 0.717) is 0 Å². The Hall–Kier alpha value is -2.26. The van der Waals surface area contributed by atoms with Crippen LogP contribution in [0.5, 0.6) is 0 Å². The van der Waals surface area contributed by atoms with Gasteiger partial charge in [-0.2, -0.15) is 0 Å². The lowest BCUT2D eigenvalue weighted by Gasteiger charge is -2.28. The van der Waals surface area contributed by atoms with E-state index in [4.69, 9.17) is 0 Å². The Bertz CT molecular complexity index is 882. The van der Waals surface area contributed by atoms with Crippen molar-refractivity contribution in [1.82, 2.24) is 0 Å². The fraction of sp³-hybridized carbons (Fsp3) is 0.543. The molecule has 0 N–H and O–H groups in total. The van der Waals surface area contributed by atoms with E-state index in [2.05, 4.69) is 73.9 Å². The van der Waals surface area contributed by atoms with Crippen LogP contribution in [0.3, 0.4) is 0 Å². The number of hydrogen-bond acceptors (Lipinski definition) is 0. The van der Waals surface area contributed by atoms with E-state index in [1.54, 1.807) is 0 Å². The standard InChI is InChI=1S/C35H48/c1-3-5-6-7-8-9-10-11-13-31-16-20-33(21-17-31)23-25-35-28-26-34(27-29-35)24-22-32-18-14-30(12-4-2)15-19-32/h4,14-15,18-19,26-29,31,33H,2-3,5-13,16-17,20-21,23,25H2,1H3. The Morgan fingerprint density at radius 3 is 1.69 bits per heavy atom. The minimum absolute atomic E-state index is 0.913. The number of unbranched alkanes of at least 4 members (excludes halogenated alkanes) is 7. The minimum Gasteiger partial charge on any atom is -0.103 e. The van der Waals surface area contributed by atoms with Crippen molar-refractivity contribution in [3.63, 3.8) is 0 Å². The molecule has 0 unspecified atom stereocenters. The van der Waals surface area contributed by atoms with Crippen LogP contribution in [0, 0.1) is 23.7 Å². The fourth-order valence-corrected chi connectivity index (χ4v) is 5.54. The summed E-state index contributed by atoms with van der Waals surface area (Å²) in [5.41, 5.74) is 4.92. The molecule has 1 aliphatic carbocycles. The van der Waals surface area contributed by atoms with E-state index in [0.717, 1.165) is 29.4 Å². The first kappa shape index (κ1) is 27.3. The van der Waals surface area contributed by atoms with Gasteiger partial charge in [-0.3, -0.25) is 0 Å². The zero-order chi connectivity index (χ0) is 24.6. The molecular formula is C35H48. The molecule has 0 spiro atoms. The van der Waals surface area contributed by atoms with Gasteiger partial charge >= 0.3 is 0 Å². The number of benzene rings is 2. The van der Waals surface area contributed by atoms with Crippen molar-refractivity contribution in [2.75, 3.05) is 0 Å². The summed E-state index contributed by atoms with van der Waals surface area (Å²) >= 11 is 0. The zero-order valence-electron chi connectivity index (χ0n) is 22.4. The summed E-state index contributed by atoms with van der Waals surface area (Å²) < 4.78 is 0. The Morgan fingerprint density at radius 2 is 1.14 bits per heavy atom. The smallest absolute Gasteiger partial charge is 0.0249 e. The second kappa shape index (κ2) is 16.4. The maximum absolute atomic E-state index is 3.80. The van der Waals surface area contributed by atoms with Crippen molar-refractivity contribution in [3.8, 4) is 11.8 Å². The molecule has 0 bridgehead atoms. The van der Waals surface area contributed by atoms with E-state index < -0.39 is 0 Å². The van der Waals surface area contributed by atoms with Gasteiger partial charge in [0.05, 0.1) is 0 Å². The van der Waals surface area contributed by atoms with E-state index in [9.17, 15) is 0 Å². The summed E-state index contributed by atoms with van der Waals surface area (Å²) in [7, 11) is 0. The molecule has 0 atom stereocenters. The van der Waals surface area contributed by atoms with Gasteiger partial charge in [0.1, 0.15) is 0 Å². The van der Waals surface area contributed by atoms with Crippen molar-refractivity contribution < 1.29 is 0 Å². The summed E-state index contributed by atoms with van der Waals surface area (Å²) in [6, 6.07) is 17.4.